The van der Waals surface area contributed by atoms with Gasteiger partial charge in [0.15, 0.2) is 0 Å². The molecule has 1 heterocycles. The minimum absolute atomic E-state index is 0.273. The molecule has 4 nitrogen and oxygen atoms in total. The highest BCUT2D eigenvalue weighted by Gasteiger charge is 2.26. The van der Waals surface area contributed by atoms with Crippen molar-refractivity contribution < 1.29 is 4.79 Å². The second-order valence-corrected chi connectivity index (χ2v) is 5.34. The van der Waals surface area contributed by atoms with Crippen molar-refractivity contribution in [2.75, 3.05) is 13.1 Å². The van der Waals surface area contributed by atoms with Gasteiger partial charge in [0.2, 0.25) is 5.91 Å². The lowest BCUT2D eigenvalue weighted by atomic mass is 10.0. The number of hydrogen-bond acceptors (Lipinski definition) is 3. The molecule has 0 spiro atoms. The molecule has 4 N–H and O–H groups in total. The van der Waals surface area contributed by atoms with Gasteiger partial charge in [0.05, 0.1) is 0 Å². The summed E-state index contributed by atoms with van der Waals surface area (Å²) in [6.07, 6.45) is 0. The van der Waals surface area contributed by atoms with Gasteiger partial charge < -0.3 is 11.5 Å². The molecular formula is C14H21N3O. The number of nitrogens with zero attached hydrogens (tertiary/aromatic N) is 1. The minimum Gasteiger partial charge on any atom is -0.366 e. The van der Waals surface area contributed by atoms with E-state index in [1.807, 2.05) is 19.1 Å². The molecule has 4 heteroatoms. The molecule has 98 valence electrons. The molecule has 0 radical (unpaired) electrons. The molecule has 1 aliphatic heterocycles. The maximum atomic E-state index is 11.1. The van der Waals surface area contributed by atoms with E-state index in [0.29, 0.717) is 11.5 Å². The summed E-state index contributed by atoms with van der Waals surface area (Å²) in [5.74, 6) is 0.177. The number of hydrogen-bond donors (Lipinski definition) is 2. The molecular weight excluding hydrogens is 226 g/mol. The van der Waals surface area contributed by atoms with Gasteiger partial charge in [0, 0.05) is 31.2 Å². The zero-order chi connectivity index (χ0) is 13.3. The van der Waals surface area contributed by atoms with Crippen molar-refractivity contribution in [2.45, 2.75) is 26.4 Å². The van der Waals surface area contributed by atoms with Crippen LogP contribution in [-0.2, 0) is 6.54 Å². The van der Waals surface area contributed by atoms with Crippen molar-refractivity contribution in [1.29, 1.82) is 0 Å². The molecule has 1 aliphatic rings. The minimum atomic E-state index is -0.374. The summed E-state index contributed by atoms with van der Waals surface area (Å²) in [5.41, 5.74) is 14.2. The maximum absolute atomic E-state index is 11.1. The number of rotatable bonds is 3. The molecule has 2 unspecified atom stereocenters. The Morgan fingerprint density at radius 3 is 2.67 bits per heavy atom. The van der Waals surface area contributed by atoms with Crippen LogP contribution in [0.5, 0.6) is 0 Å². The van der Waals surface area contributed by atoms with E-state index in [-0.39, 0.29) is 11.9 Å². The Balaban J connectivity index is 2.08. The second kappa shape index (κ2) is 5.08. The van der Waals surface area contributed by atoms with Crippen LogP contribution in [0.25, 0.3) is 0 Å². The van der Waals surface area contributed by atoms with Crippen LogP contribution in [0.2, 0.25) is 0 Å². The van der Waals surface area contributed by atoms with Gasteiger partial charge in [-0.15, -0.1) is 0 Å². The van der Waals surface area contributed by atoms with Gasteiger partial charge in [-0.25, -0.2) is 0 Å². The van der Waals surface area contributed by atoms with Gasteiger partial charge in [-0.1, -0.05) is 13.0 Å². The van der Waals surface area contributed by atoms with Crippen LogP contribution in [0.1, 0.15) is 28.4 Å². The van der Waals surface area contributed by atoms with Gasteiger partial charge in [0.25, 0.3) is 0 Å². The fourth-order valence-electron chi connectivity index (χ4n) is 2.49. The first-order chi connectivity index (χ1) is 8.47. The lowest BCUT2D eigenvalue weighted by molar-refractivity contribution is 0.1000. The van der Waals surface area contributed by atoms with E-state index in [2.05, 4.69) is 11.8 Å². The number of primary amides is 1. The summed E-state index contributed by atoms with van der Waals surface area (Å²) in [7, 11) is 0. The second-order valence-electron chi connectivity index (χ2n) is 5.34. The Hall–Kier alpha value is -1.39. The Kier molecular flexibility index (Phi) is 3.68. The number of amides is 1. The SMILES string of the molecule is Cc1cc(C(N)=O)ccc1CN1CC(C)C(N)C1. The molecule has 1 aromatic carbocycles. The van der Waals surface area contributed by atoms with Crippen LogP contribution in [0.4, 0.5) is 0 Å². The van der Waals surface area contributed by atoms with E-state index in [1.165, 1.54) is 5.56 Å². The van der Waals surface area contributed by atoms with Crippen LogP contribution < -0.4 is 11.5 Å². The largest absolute Gasteiger partial charge is 0.366 e. The number of benzene rings is 1. The van der Waals surface area contributed by atoms with Crippen molar-refractivity contribution in [3.05, 3.63) is 34.9 Å². The fraction of sp³-hybridized carbons (Fsp3) is 0.500. The summed E-state index contributed by atoms with van der Waals surface area (Å²) in [6, 6.07) is 5.92. The van der Waals surface area contributed by atoms with Gasteiger partial charge in [-0.2, -0.15) is 0 Å². The lowest BCUT2D eigenvalue weighted by Crippen LogP contribution is -2.28. The van der Waals surface area contributed by atoms with E-state index >= 15 is 0 Å². The van der Waals surface area contributed by atoms with Crippen LogP contribution in [0.3, 0.4) is 0 Å². The Morgan fingerprint density at radius 2 is 2.17 bits per heavy atom. The van der Waals surface area contributed by atoms with Crippen molar-refractivity contribution in [1.82, 2.24) is 4.90 Å². The van der Waals surface area contributed by atoms with E-state index in [4.69, 9.17) is 11.5 Å². The molecule has 2 atom stereocenters. The molecule has 1 aromatic rings. The molecule has 2 rings (SSSR count). The topological polar surface area (TPSA) is 72.4 Å². The quantitative estimate of drug-likeness (QED) is 0.832. The van der Waals surface area contributed by atoms with Crippen molar-refractivity contribution in [3.63, 3.8) is 0 Å². The molecule has 1 fully saturated rings. The first-order valence-electron chi connectivity index (χ1n) is 6.34. The molecule has 0 saturated carbocycles. The maximum Gasteiger partial charge on any atom is 0.248 e. The number of carbonyl (C=O) groups is 1. The van der Waals surface area contributed by atoms with Crippen LogP contribution in [-0.4, -0.2) is 29.9 Å². The fourth-order valence-corrected chi connectivity index (χ4v) is 2.49. The predicted molar refractivity (Wildman–Crippen MR) is 72.1 cm³/mol. The summed E-state index contributed by atoms with van der Waals surface area (Å²) in [4.78, 5) is 13.5. The monoisotopic (exact) mass is 247 g/mol. The smallest absolute Gasteiger partial charge is 0.248 e. The summed E-state index contributed by atoms with van der Waals surface area (Å²) < 4.78 is 0. The summed E-state index contributed by atoms with van der Waals surface area (Å²) in [5, 5.41) is 0. The highest BCUT2D eigenvalue weighted by atomic mass is 16.1. The Labute approximate surface area is 108 Å². The van der Waals surface area contributed by atoms with E-state index < -0.39 is 0 Å². The van der Waals surface area contributed by atoms with Crippen LogP contribution in [0, 0.1) is 12.8 Å². The van der Waals surface area contributed by atoms with Crippen molar-refractivity contribution in [3.8, 4) is 0 Å². The van der Waals surface area contributed by atoms with Gasteiger partial charge in [-0.05, 0) is 36.1 Å². The van der Waals surface area contributed by atoms with Crippen molar-refractivity contribution in [2.24, 2.45) is 17.4 Å². The van der Waals surface area contributed by atoms with Gasteiger partial charge in [-0.3, -0.25) is 9.69 Å². The first-order valence-corrected chi connectivity index (χ1v) is 6.34. The van der Waals surface area contributed by atoms with Crippen molar-refractivity contribution >= 4 is 5.91 Å². The molecule has 1 amide bonds. The third-order valence-corrected chi connectivity index (χ3v) is 3.77. The third kappa shape index (κ3) is 2.71. The van der Waals surface area contributed by atoms with E-state index in [0.717, 1.165) is 25.2 Å². The normalized spacial score (nSPS) is 24.4. The number of carbonyl (C=O) groups excluding carboxylic acids is 1. The average molecular weight is 247 g/mol. The molecule has 0 bridgehead atoms. The molecule has 0 aromatic heterocycles. The van der Waals surface area contributed by atoms with Crippen LogP contribution in [0.15, 0.2) is 18.2 Å². The zero-order valence-electron chi connectivity index (χ0n) is 11.0. The average Bonchev–Trinajstić information content (AvgIpc) is 2.61. The summed E-state index contributed by atoms with van der Waals surface area (Å²) >= 11 is 0. The molecule has 1 saturated heterocycles. The highest BCUT2D eigenvalue weighted by molar-refractivity contribution is 5.93. The number of likely N-dealkylation sites (tertiary alicyclic amines) is 1. The zero-order valence-corrected chi connectivity index (χ0v) is 11.0. The standard InChI is InChI=1S/C14H21N3O/c1-9-5-11(14(16)18)3-4-12(9)7-17-6-10(2)13(15)8-17/h3-5,10,13H,6-8,15H2,1-2H3,(H2,16,18). The Bertz CT molecular complexity index is 448. The van der Waals surface area contributed by atoms with Crippen LogP contribution >= 0.6 is 0 Å². The third-order valence-electron chi connectivity index (χ3n) is 3.77. The molecule has 18 heavy (non-hydrogen) atoms. The Morgan fingerprint density at radius 1 is 1.44 bits per heavy atom. The predicted octanol–water partition coefficient (Wildman–Crippen LogP) is 0.873. The van der Waals surface area contributed by atoms with Gasteiger partial charge in [0.1, 0.15) is 0 Å². The van der Waals surface area contributed by atoms with E-state index in [1.54, 1.807) is 6.07 Å². The number of aryl methyl sites for hydroxylation is 1. The van der Waals surface area contributed by atoms with Gasteiger partial charge >= 0.3 is 0 Å². The van der Waals surface area contributed by atoms with E-state index in [9.17, 15) is 4.79 Å². The first kappa shape index (κ1) is 13.1. The highest BCUT2D eigenvalue weighted by Crippen LogP contribution is 2.19. The number of nitrogens with two attached hydrogens (primary N) is 2. The summed E-state index contributed by atoms with van der Waals surface area (Å²) in [6.45, 7) is 7.08. The lowest BCUT2D eigenvalue weighted by Gasteiger charge is -2.17. The molecule has 0 aliphatic carbocycles.